The molecule has 0 aliphatic carbocycles. The van der Waals surface area contributed by atoms with Crippen molar-refractivity contribution in [1.29, 1.82) is 0 Å². The van der Waals surface area contributed by atoms with E-state index >= 15 is 0 Å². The summed E-state index contributed by atoms with van der Waals surface area (Å²) in [6.07, 6.45) is 2.76. The van der Waals surface area contributed by atoms with Crippen LogP contribution in [-0.2, 0) is 9.84 Å². The third-order valence-electron chi connectivity index (χ3n) is 2.60. The lowest BCUT2D eigenvalue weighted by atomic mass is 10.1. The lowest BCUT2D eigenvalue weighted by molar-refractivity contribution is 0.499. The van der Waals surface area contributed by atoms with Crippen LogP contribution in [0.5, 0.6) is 0 Å². The summed E-state index contributed by atoms with van der Waals surface area (Å²) < 4.78 is 22.9. The molecule has 0 radical (unpaired) electrons. The van der Waals surface area contributed by atoms with Crippen molar-refractivity contribution in [3.63, 3.8) is 0 Å². The fourth-order valence-electron chi connectivity index (χ4n) is 1.32. The predicted octanol–water partition coefficient (Wildman–Crippen LogP) is 1.59. The molecule has 0 aromatic heterocycles. The maximum absolute atomic E-state index is 11.5. The van der Waals surface area contributed by atoms with Gasteiger partial charge in [0, 0.05) is 6.04 Å². The van der Waals surface area contributed by atoms with Gasteiger partial charge in [-0.15, -0.1) is 0 Å². The molecule has 1 N–H and O–H groups in total. The lowest BCUT2D eigenvalue weighted by Crippen LogP contribution is -2.25. The van der Waals surface area contributed by atoms with Crippen LogP contribution < -0.4 is 5.32 Å². The second kappa shape index (κ2) is 6.40. The molecule has 0 heterocycles. The van der Waals surface area contributed by atoms with Gasteiger partial charge in [-0.25, -0.2) is 8.42 Å². The molecule has 0 aliphatic heterocycles. The summed E-state index contributed by atoms with van der Waals surface area (Å²) in [5.41, 5.74) is 0. The van der Waals surface area contributed by atoms with Crippen molar-refractivity contribution < 1.29 is 8.42 Å². The van der Waals surface area contributed by atoms with Gasteiger partial charge in [-0.3, -0.25) is 0 Å². The highest BCUT2D eigenvalue weighted by Gasteiger charge is 2.15. The van der Waals surface area contributed by atoms with E-state index in [1.165, 1.54) is 0 Å². The highest BCUT2D eigenvalue weighted by Crippen LogP contribution is 2.07. The molecule has 1 unspecified atom stereocenters. The first-order valence-electron chi connectivity index (χ1n) is 5.32. The topological polar surface area (TPSA) is 46.2 Å². The van der Waals surface area contributed by atoms with Crippen molar-refractivity contribution in [2.24, 2.45) is 0 Å². The van der Waals surface area contributed by atoms with Gasteiger partial charge in [0.15, 0.2) is 9.84 Å². The average molecular weight is 221 g/mol. The standard InChI is InChI=1S/C10H23NO2S/c1-5-10(11-4)7-6-8-14(12,13)9(2)3/h9-11H,5-8H2,1-4H3. The van der Waals surface area contributed by atoms with Gasteiger partial charge in [-0.05, 0) is 40.2 Å². The Morgan fingerprint density at radius 1 is 1.29 bits per heavy atom. The largest absolute Gasteiger partial charge is 0.317 e. The molecular formula is C10H23NO2S. The first kappa shape index (κ1) is 13.9. The molecule has 0 bridgehead atoms. The Hall–Kier alpha value is -0.0900. The third kappa shape index (κ3) is 4.96. The highest BCUT2D eigenvalue weighted by molar-refractivity contribution is 7.91. The summed E-state index contributed by atoms with van der Waals surface area (Å²) in [5, 5.41) is 2.93. The van der Waals surface area contributed by atoms with Gasteiger partial charge >= 0.3 is 0 Å². The summed E-state index contributed by atoms with van der Waals surface area (Å²) in [5.74, 6) is 0.322. The summed E-state index contributed by atoms with van der Waals surface area (Å²) in [7, 11) is -0.916. The molecule has 0 fully saturated rings. The predicted molar refractivity (Wildman–Crippen MR) is 61.3 cm³/mol. The zero-order valence-corrected chi connectivity index (χ0v) is 10.5. The Morgan fingerprint density at radius 3 is 2.21 bits per heavy atom. The average Bonchev–Trinajstić information content (AvgIpc) is 2.12. The minimum absolute atomic E-state index is 0.239. The number of hydrogen-bond donors (Lipinski definition) is 1. The molecule has 0 spiro atoms. The van der Waals surface area contributed by atoms with Crippen molar-refractivity contribution in [2.45, 2.75) is 51.3 Å². The van der Waals surface area contributed by atoms with Gasteiger partial charge in [0.2, 0.25) is 0 Å². The van der Waals surface area contributed by atoms with Crippen LogP contribution in [0, 0.1) is 0 Å². The van der Waals surface area contributed by atoms with Gasteiger partial charge in [-0.1, -0.05) is 6.92 Å². The minimum atomic E-state index is -2.84. The number of sulfone groups is 1. The Kier molecular flexibility index (Phi) is 6.36. The normalized spacial score (nSPS) is 14.6. The minimum Gasteiger partial charge on any atom is -0.317 e. The van der Waals surface area contributed by atoms with E-state index in [4.69, 9.17) is 0 Å². The van der Waals surface area contributed by atoms with Crippen LogP contribution in [0.1, 0.15) is 40.0 Å². The fourth-order valence-corrected chi connectivity index (χ4v) is 2.36. The SMILES string of the molecule is CCC(CCCS(=O)(=O)C(C)C)NC. The van der Waals surface area contributed by atoms with Crippen LogP contribution in [0.4, 0.5) is 0 Å². The molecule has 0 rings (SSSR count). The Labute approximate surface area is 88.2 Å². The van der Waals surface area contributed by atoms with Crippen LogP contribution in [0.25, 0.3) is 0 Å². The first-order chi connectivity index (χ1) is 6.44. The van der Waals surface area contributed by atoms with E-state index in [1.807, 2.05) is 7.05 Å². The highest BCUT2D eigenvalue weighted by atomic mass is 32.2. The number of nitrogens with one attached hydrogen (secondary N) is 1. The van der Waals surface area contributed by atoms with Crippen LogP contribution in [-0.4, -0.2) is 32.5 Å². The van der Waals surface area contributed by atoms with Crippen LogP contribution >= 0.6 is 0 Å². The van der Waals surface area contributed by atoms with Crippen LogP contribution in [0.3, 0.4) is 0 Å². The molecule has 0 aromatic carbocycles. The smallest absolute Gasteiger partial charge is 0.152 e. The molecule has 14 heavy (non-hydrogen) atoms. The molecule has 0 saturated heterocycles. The van der Waals surface area contributed by atoms with Crippen molar-refractivity contribution in [2.75, 3.05) is 12.8 Å². The fraction of sp³-hybridized carbons (Fsp3) is 1.00. The lowest BCUT2D eigenvalue weighted by Gasteiger charge is -2.14. The van der Waals surface area contributed by atoms with Crippen molar-refractivity contribution in [3.05, 3.63) is 0 Å². The molecule has 4 heteroatoms. The van der Waals surface area contributed by atoms with Crippen molar-refractivity contribution in [3.8, 4) is 0 Å². The zero-order valence-electron chi connectivity index (χ0n) is 9.71. The Balaban J connectivity index is 3.85. The molecule has 86 valence electrons. The molecule has 1 atom stereocenters. The van der Waals surface area contributed by atoms with Gasteiger partial charge in [0.25, 0.3) is 0 Å². The van der Waals surface area contributed by atoms with Gasteiger partial charge in [-0.2, -0.15) is 0 Å². The quantitative estimate of drug-likeness (QED) is 0.710. The third-order valence-corrected chi connectivity index (χ3v) is 4.89. The molecule has 0 amide bonds. The molecule has 0 saturated carbocycles. The van der Waals surface area contributed by atoms with Gasteiger partial charge in [0.05, 0.1) is 11.0 Å². The molecular weight excluding hydrogens is 198 g/mol. The van der Waals surface area contributed by atoms with E-state index in [9.17, 15) is 8.42 Å². The monoisotopic (exact) mass is 221 g/mol. The maximum Gasteiger partial charge on any atom is 0.152 e. The van der Waals surface area contributed by atoms with Crippen LogP contribution in [0.2, 0.25) is 0 Å². The molecule has 0 aromatic rings. The number of hydrogen-bond acceptors (Lipinski definition) is 3. The van der Waals surface area contributed by atoms with Crippen molar-refractivity contribution in [1.82, 2.24) is 5.32 Å². The Morgan fingerprint density at radius 2 is 1.86 bits per heavy atom. The van der Waals surface area contributed by atoms with E-state index in [0.717, 1.165) is 19.3 Å². The second-order valence-electron chi connectivity index (χ2n) is 3.95. The van der Waals surface area contributed by atoms with Crippen molar-refractivity contribution >= 4 is 9.84 Å². The van der Waals surface area contributed by atoms with Gasteiger partial charge < -0.3 is 5.32 Å². The number of rotatable bonds is 7. The van der Waals surface area contributed by atoms with Gasteiger partial charge in [0.1, 0.15) is 0 Å². The van der Waals surface area contributed by atoms with E-state index in [0.29, 0.717) is 11.8 Å². The van der Waals surface area contributed by atoms with Crippen LogP contribution in [0.15, 0.2) is 0 Å². The zero-order chi connectivity index (χ0) is 11.2. The summed E-state index contributed by atoms with van der Waals surface area (Å²) in [4.78, 5) is 0. The van der Waals surface area contributed by atoms with E-state index in [2.05, 4.69) is 12.2 Å². The summed E-state index contributed by atoms with van der Waals surface area (Å²) in [6.45, 7) is 5.59. The maximum atomic E-state index is 11.5. The van der Waals surface area contributed by atoms with E-state index in [1.54, 1.807) is 13.8 Å². The molecule has 0 aliphatic rings. The van der Waals surface area contributed by atoms with E-state index in [-0.39, 0.29) is 5.25 Å². The second-order valence-corrected chi connectivity index (χ2v) is 6.63. The Bertz CT molecular complexity index is 231. The summed E-state index contributed by atoms with van der Waals surface area (Å²) in [6, 6.07) is 0.456. The molecule has 3 nitrogen and oxygen atoms in total. The first-order valence-corrected chi connectivity index (χ1v) is 7.04. The van der Waals surface area contributed by atoms with E-state index < -0.39 is 9.84 Å². The summed E-state index contributed by atoms with van der Waals surface area (Å²) >= 11 is 0.